The van der Waals surface area contributed by atoms with Gasteiger partial charge >= 0.3 is 11.7 Å². The van der Waals surface area contributed by atoms with Crippen molar-refractivity contribution in [1.82, 2.24) is 28.9 Å². The van der Waals surface area contributed by atoms with Crippen molar-refractivity contribution in [3.05, 3.63) is 58.7 Å². The molecule has 0 amide bonds. The number of H-pyrrole nitrogens is 1. The molecule has 1 aliphatic carbocycles. The van der Waals surface area contributed by atoms with Gasteiger partial charge in [0.15, 0.2) is 0 Å². The van der Waals surface area contributed by atoms with E-state index in [-0.39, 0.29) is 24.1 Å². The quantitative estimate of drug-likeness (QED) is 0.285. The zero-order chi connectivity index (χ0) is 27.4. The fraction of sp³-hybridized carbons (Fsp3) is 0.379. The van der Waals surface area contributed by atoms with E-state index in [1.54, 1.807) is 28.7 Å². The predicted octanol–water partition coefficient (Wildman–Crippen LogP) is 5.60. The third-order valence-corrected chi connectivity index (χ3v) is 8.12. The summed E-state index contributed by atoms with van der Waals surface area (Å²) in [5.74, 6) is -1.60. The summed E-state index contributed by atoms with van der Waals surface area (Å²) in [5.41, 5.74) is 5.33. The first-order chi connectivity index (χ1) is 18.8. The summed E-state index contributed by atoms with van der Waals surface area (Å²) in [4.78, 5) is 32.8. The molecule has 2 N–H and O–H groups in total. The molecule has 9 nitrogen and oxygen atoms in total. The second kappa shape index (κ2) is 9.52. The van der Waals surface area contributed by atoms with E-state index in [2.05, 4.69) is 15.1 Å². The van der Waals surface area contributed by atoms with E-state index in [1.165, 1.54) is 0 Å². The maximum Gasteiger partial charge on any atom is 0.329 e. The highest BCUT2D eigenvalue weighted by Crippen LogP contribution is 2.43. The topological polar surface area (TPSA) is 111 Å². The Kier molecular flexibility index (Phi) is 6.12. The van der Waals surface area contributed by atoms with Gasteiger partial charge in [0.2, 0.25) is 5.95 Å². The van der Waals surface area contributed by atoms with E-state index in [0.717, 1.165) is 58.8 Å². The number of aromatic amines is 1. The van der Waals surface area contributed by atoms with Crippen molar-refractivity contribution in [1.29, 1.82) is 0 Å². The largest absolute Gasteiger partial charge is 0.481 e. The molecule has 1 atom stereocenters. The number of aromatic nitrogens is 6. The van der Waals surface area contributed by atoms with Crippen LogP contribution >= 0.6 is 0 Å². The van der Waals surface area contributed by atoms with E-state index in [0.29, 0.717) is 23.4 Å². The van der Waals surface area contributed by atoms with E-state index in [4.69, 9.17) is 0 Å². The zero-order valence-electron chi connectivity index (χ0n) is 22.2. The average molecular weight is 531 g/mol. The van der Waals surface area contributed by atoms with Gasteiger partial charge in [0.25, 0.3) is 0 Å². The average Bonchev–Trinajstić information content (AvgIpc) is 3.69. The van der Waals surface area contributed by atoms with Gasteiger partial charge in [-0.05, 0) is 36.8 Å². The number of carboxylic acid groups (broad SMARTS) is 1. The molecule has 1 aliphatic rings. The van der Waals surface area contributed by atoms with E-state index >= 15 is 4.39 Å². The number of pyridine rings is 1. The highest BCUT2D eigenvalue weighted by Gasteiger charge is 2.28. The first-order valence-corrected chi connectivity index (χ1v) is 13.5. The van der Waals surface area contributed by atoms with Gasteiger partial charge in [-0.3, -0.25) is 18.6 Å². The van der Waals surface area contributed by atoms with Crippen LogP contribution in [-0.4, -0.2) is 40.0 Å². The van der Waals surface area contributed by atoms with Gasteiger partial charge in [-0.1, -0.05) is 44.0 Å². The minimum atomic E-state index is -0.851. The lowest BCUT2D eigenvalue weighted by Gasteiger charge is -2.13. The van der Waals surface area contributed by atoms with Crippen LogP contribution in [0.1, 0.15) is 63.5 Å². The number of hydrogen-bond acceptors (Lipinski definition) is 4. The van der Waals surface area contributed by atoms with Crippen molar-refractivity contribution in [2.75, 3.05) is 0 Å². The summed E-state index contributed by atoms with van der Waals surface area (Å²) in [6.45, 7) is 4.30. The SMILES string of the molecule is CCn1cc(-c2[nH]c3ncc4c(c3c2-c2ccc(C(C)CC(=O)O)cc2)n(C2CCCC2)c(=O)n4C)c(F)n1. The number of aryl methyl sites for hydroxylation is 2. The Morgan fingerprint density at radius 2 is 1.95 bits per heavy atom. The standard InChI is InChI=1S/C29H31FN6O3/c1-4-35-15-20(27(30)33-35)25-23(18-11-9-17(10-12-18)16(2)13-22(37)38)24-26-21(14-31-28(24)32-25)34(3)29(39)36(26)19-7-5-6-8-19/h9-12,14-16,19H,4-8,13H2,1-3H3,(H,31,32)(H,37,38). The molecular weight excluding hydrogens is 499 g/mol. The number of nitrogens with one attached hydrogen (secondary N) is 1. The molecule has 4 aromatic heterocycles. The molecule has 39 heavy (non-hydrogen) atoms. The van der Waals surface area contributed by atoms with Crippen LogP contribution in [0.25, 0.3) is 44.5 Å². The first-order valence-electron chi connectivity index (χ1n) is 13.5. The summed E-state index contributed by atoms with van der Waals surface area (Å²) in [5, 5.41) is 14.0. The van der Waals surface area contributed by atoms with Crippen molar-refractivity contribution in [3.8, 4) is 22.4 Å². The van der Waals surface area contributed by atoms with Crippen molar-refractivity contribution >= 4 is 28.0 Å². The van der Waals surface area contributed by atoms with Gasteiger partial charge in [-0.15, -0.1) is 5.10 Å². The van der Waals surface area contributed by atoms with Crippen LogP contribution in [0.2, 0.25) is 0 Å². The molecule has 10 heteroatoms. The lowest BCUT2D eigenvalue weighted by atomic mass is 9.93. The van der Waals surface area contributed by atoms with Crippen molar-refractivity contribution < 1.29 is 14.3 Å². The maximum absolute atomic E-state index is 15.2. The molecule has 1 fully saturated rings. The van der Waals surface area contributed by atoms with E-state index in [1.807, 2.05) is 42.7 Å². The number of rotatable bonds is 7. The molecular formula is C29H31FN6O3. The van der Waals surface area contributed by atoms with Crippen LogP contribution in [0.15, 0.2) is 41.5 Å². The summed E-state index contributed by atoms with van der Waals surface area (Å²) in [7, 11) is 1.76. The third-order valence-electron chi connectivity index (χ3n) is 8.12. The Labute approximate surface area is 223 Å². The van der Waals surface area contributed by atoms with Crippen molar-refractivity contribution in [2.45, 2.75) is 64.5 Å². The monoisotopic (exact) mass is 530 g/mol. The number of aliphatic carboxylic acids is 1. The molecule has 202 valence electrons. The Morgan fingerprint density at radius 3 is 2.59 bits per heavy atom. The Balaban J connectivity index is 1.67. The Bertz CT molecular complexity index is 1770. The van der Waals surface area contributed by atoms with Crippen LogP contribution in [0.3, 0.4) is 0 Å². The minimum Gasteiger partial charge on any atom is -0.481 e. The Hall–Kier alpha value is -4.21. The minimum absolute atomic E-state index is 0.0291. The van der Waals surface area contributed by atoms with Crippen LogP contribution in [0.5, 0.6) is 0 Å². The molecule has 5 aromatic rings. The molecule has 4 heterocycles. The van der Waals surface area contributed by atoms with E-state index in [9.17, 15) is 14.7 Å². The number of carboxylic acids is 1. The normalized spacial score (nSPS) is 15.1. The second-order valence-corrected chi connectivity index (χ2v) is 10.6. The predicted molar refractivity (Wildman–Crippen MR) is 147 cm³/mol. The highest BCUT2D eigenvalue weighted by atomic mass is 19.1. The van der Waals surface area contributed by atoms with Gasteiger partial charge in [0.05, 0.1) is 40.3 Å². The number of fused-ring (bicyclic) bond motifs is 3. The zero-order valence-corrected chi connectivity index (χ0v) is 22.2. The maximum atomic E-state index is 15.2. The van der Waals surface area contributed by atoms with Gasteiger partial charge in [-0.2, -0.15) is 4.39 Å². The molecule has 0 saturated heterocycles. The van der Waals surface area contributed by atoms with Crippen molar-refractivity contribution in [3.63, 3.8) is 0 Å². The third kappa shape index (κ3) is 4.05. The van der Waals surface area contributed by atoms with E-state index < -0.39 is 11.9 Å². The summed E-state index contributed by atoms with van der Waals surface area (Å²) in [6.07, 6.45) is 7.43. The smallest absolute Gasteiger partial charge is 0.329 e. The van der Waals surface area contributed by atoms with Crippen molar-refractivity contribution in [2.24, 2.45) is 7.05 Å². The fourth-order valence-electron chi connectivity index (χ4n) is 6.06. The molecule has 0 radical (unpaired) electrons. The molecule has 1 aromatic carbocycles. The van der Waals surface area contributed by atoms with Crippen LogP contribution in [-0.2, 0) is 18.4 Å². The molecule has 1 unspecified atom stereocenters. The lowest BCUT2D eigenvalue weighted by Crippen LogP contribution is -2.24. The number of carbonyl (C=O) groups is 1. The lowest BCUT2D eigenvalue weighted by molar-refractivity contribution is -0.137. The van der Waals surface area contributed by atoms with Gasteiger partial charge in [-0.25, -0.2) is 9.78 Å². The molecule has 6 rings (SSSR count). The van der Waals surface area contributed by atoms with Crippen LogP contribution < -0.4 is 5.69 Å². The molecule has 1 saturated carbocycles. The fourth-order valence-corrected chi connectivity index (χ4v) is 6.06. The number of imidazole rings is 1. The highest BCUT2D eigenvalue weighted by molar-refractivity contribution is 6.14. The molecule has 0 aliphatic heterocycles. The summed E-state index contributed by atoms with van der Waals surface area (Å²) < 4.78 is 20.3. The molecule has 0 spiro atoms. The summed E-state index contributed by atoms with van der Waals surface area (Å²) in [6, 6.07) is 7.79. The van der Waals surface area contributed by atoms with Crippen LogP contribution in [0.4, 0.5) is 4.39 Å². The van der Waals surface area contributed by atoms with Gasteiger partial charge in [0, 0.05) is 31.4 Å². The first kappa shape index (κ1) is 25.1. The Morgan fingerprint density at radius 1 is 1.23 bits per heavy atom. The summed E-state index contributed by atoms with van der Waals surface area (Å²) >= 11 is 0. The second-order valence-electron chi connectivity index (χ2n) is 10.6. The molecule has 0 bridgehead atoms. The van der Waals surface area contributed by atoms with Gasteiger partial charge in [0.1, 0.15) is 5.65 Å². The van der Waals surface area contributed by atoms with Gasteiger partial charge < -0.3 is 10.1 Å². The number of benzene rings is 1. The number of nitrogens with zero attached hydrogens (tertiary/aromatic N) is 5. The van der Waals surface area contributed by atoms with Crippen LogP contribution in [0, 0.1) is 5.95 Å². The number of halogens is 1. The number of hydrogen-bond donors (Lipinski definition) is 2.